The molecule has 0 aliphatic rings. The summed E-state index contributed by atoms with van der Waals surface area (Å²) in [6, 6.07) is 4.85. The summed E-state index contributed by atoms with van der Waals surface area (Å²) in [6.45, 7) is 0. The molecule has 0 aromatic heterocycles. The van der Waals surface area contributed by atoms with E-state index in [2.05, 4.69) is 20.4 Å². The van der Waals surface area contributed by atoms with E-state index in [-0.39, 0.29) is 5.96 Å². The predicted octanol–water partition coefficient (Wildman–Crippen LogP) is 1.04. The van der Waals surface area contributed by atoms with Gasteiger partial charge in [0, 0.05) is 0 Å². The predicted molar refractivity (Wildman–Crippen MR) is 64.6 cm³/mol. The van der Waals surface area contributed by atoms with E-state index in [4.69, 9.17) is 11.6 Å². The van der Waals surface area contributed by atoms with Gasteiger partial charge in [-0.05, 0) is 29.8 Å². The fraction of sp³-hybridized carbons (Fsp3) is 0.200. The van der Waals surface area contributed by atoms with Gasteiger partial charge in [-0.1, -0.05) is 0 Å². The van der Waals surface area contributed by atoms with Gasteiger partial charge in [0.2, 0.25) is 5.96 Å². The number of rotatable bonds is 5. The summed E-state index contributed by atoms with van der Waals surface area (Å²) < 4.78 is 52.9. The van der Waals surface area contributed by atoms with Gasteiger partial charge < -0.3 is 16.3 Å². The van der Waals surface area contributed by atoms with E-state index >= 15 is 0 Å². The molecule has 0 saturated carbocycles. The van der Waals surface area contributed by atoms with E-state index in [0.717, 1.165) is 12.1 Å². The monoisotopic (exact) mass is 293 g/mol. The molecule has 0 unspecified atom stereocenters. The maximum absolute atomic E-state index is 12.6. The van der Waals surface area contributed by atoms with Crippen molar-refractivity contribution >= 4 is 12.2 Å². The molecule has 6 nitrogen and oxygen atoms in total. The van der Waals surface area contributed by atoms with Crippen molar-refractivity contribution < 1.29 is 22.3 Å². The lowest BCUT2D eigenvalue weighted by atomic mass is 10.2. The van der Waals surface area contributed by atoms with Crippen LogP contribution in [-0.2, 0) is 0 Å². The maximum atomic E-state index is 12.6. The van der Waals surface area contributed by atoms with Crippen LogP contribution in [0.25, 0.3) is 0 Å². The zero-order chi connectivity index (χ0) is 15.2. The number of hydrogen-bond donors (Lipinski definition) is 3. The van der Waals surface area contributed by atoms with Crippen molar-refractivity contribution in [1.29, 1.82) is 0 Å². The second-order valence-electron chi connectivity index (χ2n) is 3.42. The maximum Gasteiger partial charge on any atom is 0.461 e. The van der Waals surface area contributed by atoms with Crippen LogP contribution in [0.2, 0.25) is 0 Å². The molecule has 0 aliphatic heterocycles. The van der Waals surface area contributed by atoms with Crippen LogP contribution in [-0.4, -0.2) is 24.7 Å². The average molecular weight is 293 g/mol. The highest BCUT2D eigenvalue weighted by atomic mass is 19.3. The SMILES string of the molecule is NN=C(N)N/N=C/c1ccc(OC(F)(F)C(F)F)cc1. The van der Waals surface area contributed by atoms with Gasteiger partial charge in [0.25, 0.3) is 0 Å². The summed E-state index contributed by atoms with van der Waals surface area (Å²) in [4.78, 5) is 0. The minimum Gasteiger partial charge on any atom is -0.428 e. The van der Waals surface area contributed by atoms with E-state index in [9.17, 15) is 17.6 Å². The van der Waals surface area contributed by atoms with Crippen molar-refractivity contribution in [1.82, 2.24) is 5.43 Å². The molecular weight excluding hydrogens is 282 g/mol. The normalized spacial score (nSPS) is 12.9. The number of nitrogens with two attached hydrogens (primary N) is 2. The van der Waals surface area contributed by atoms with Gasteiger partial charge in [-0.25, -0.2) is 5.43 Å². The van der Waals surface area contributed by atoms with E-state index in [1.165, 1.54) is 18.3 Å². The largest absolute Gasteiger partial charge is 0.461 e. The van der Waals surface area contributed by atoms with Crippen molar-refractivity contribution in [3.63, 3.8) is 0 Å². The lowest BCUT2D eigenvalue weighted by molar-refractivity contribution is -0.253. The average Bonchev–Trinajstić information content (AvgIpc) is 2.40. The highest BCUT2D eigenvalue weighted by Crippen LogP contribution is 2.27. The van der Waals surface area contributed by atoms with Crippen molar-refractivity contribution in [2.75, 3.05) is 0 Å². The smallest absolute Gasteiger partial charge is 0.428 e. The molecule has 10 heteroatoms. The van der Waals surface area contributed by atoms with Crippen molar-refractivity contribution in [3.8, 4) is 5.75 Å². The molecular formula is C10H11F4N5O. The fourth-order valence-corrected chi connectivity index (χ4v) is 1.03. The van der Waals surface area contributed by atoms with Crippen LogP contribution >= 0.6 is 0 Å². The zero-order valence-electron chi connectivity index (χ0n) is 9.93. The second-order valence-corrected chi connectivity index (χ2v) is 3.42. The Labute approximate surface area is 111 Å². The highest BCUT2D eigenvalue weighted by Gasteiger charge is 2.43. The summed E-state index contributed by atoms with van der Waals surface area (Å²) in [7, 11) is 0. The minimum atomic E-state index is -4.54. The third-order valence-corrected chi connectivity index (χ3v) is 1.92. The number of hydrazone groups is 2. The Hall–Kier alpha value is -2.52. The topological polar surface area (TPSA) is 98.0 Å². The van der Waals surface area contributed by atoms with Crippen molar-refractivity contribution in [3.05, 3.63) is 29.8 Å². The van der Waals surface area contributed by atoms with Gasteiger partial charge in [0.1, 0.15) is 5.75 Å². The molecule has 1 aromatic rings. The summed E-state index contributed by atoms with van der Waals surface area (Å²) >= 11 is 0. The van der Waals surface area contributed by atoms with Gasteiger partial charge in [-0.3, -0.25) is 0 Å². The van der Waals surface area contributed by atoms with Crippen LogP contribution in [0.15, 0.2) is 34.5 Å². The van der Waals surface area contributed by atoms with Crippen LogP contribution in [0.5, 0.6) is 5.75 Å². The van der Waals surface area contributed by atoms with Crippen molar-refractivity contribution in [2.45, 2.75) is 12.5 Å². The molecule has 0 saturated heterocycles. The summed E-state index contributed by atoms with van der Waals surface area (Å²) in [5, 5.41) is 6.71. The van der Waals surface area contributed by atoms with Crippen LogP contribution in [0, 0.1) is 0 Å². The van der Waals surface area contributed by atoms with Gasteiger partial charge in [0.05, 0.1) is 6.21 Å². The summed E-state index contributed by atoms with van der Waals surface area (Å²) in [6.07, 6.45) is -7.16. The number of nitrogens with zero attached hydrogens (tertiary/aromatic N) is 2. The van der Waals surface area contributed by atoms with Crippen LogP contribution < -0.4 is 21.7 Å². The molecule has 1 rings (SSSR count). The molecule has 0 amide bonds. The molecule has 0 bridgehead atoms. The van der Waals surface area contributed by atoms with Gasteiger partial charge in [-0.2, -0.15) is 22.7 Å². The number of benzene rings is 1. The Balaban J connectivity index is 2.65. The molecule has 0 radical (unpaired) electrons. The Bertz CT molecular complexity index is 489. The Kier molecular flexibility index (Phi) is 5.12. The molecule has 1 aromatic carbocycles. The molecule has 0 aliphatic carbocycles. The lowest BCUT2D eigenvalue weighted by Gasteiger charge is -2.16. The molecule has 0 fully saturated rings. The Morgan fingerprint density at radius 2 is 1.90 bits per heavy atom. The minimum absolute atomic E-state index is 0.127. The molecule has 0 heterocycles. The number of halogens is 4. The van der Waals surface area contributed by atoms with Crippen LogP contribution in [0.1, 0.15) is 5.56 Å². The molecule has 20 heavy (non-hydrogen) atoms. The first-order valence-corrected chi connectivity index (χ1v) is 5.12. The van der Waals surface area contributed by atoms with Gasteiger partial charge in [-0.15, -0.1) is 5.10 Å². The Morgan fingerprint density at radius 3 is 2.40 bits per heavy atom. The number of ether oxygens (including phenoxy) is 1. The number of nitrogens with one attached hydrogen (secondary N) is 1. The van der Waals surface area contributed by atoms with Gasteiger partial charge in [0.15, 0.2) is 0 Å². The standard InChI is InChI=1S/C10H11F4N5O/c11-8(12)10(13,14)20-7-3-1-6(2-4-7)5-17-19-9(15)18-16/h1-5,8H,16H2,(H3,15,18,19)/b17-5+. The summed E-state index contributed by atoms with van der Waals surface area (Å²) in [5.74, 6) is 4.31. The molecule has 110 valence electrons. The molecule has 0 atom stereocenters. The van der Waals surface area contributed by atoms with Gasteiger partial charge >= 0.3 is 12.5 Å². The van der Waals surface area contributed by atoms with E-state index in [0.29, 0.717) is 5.56 Å². The molecule has 0 spiro atoms. The number of hydrogen-bond acceptors (Lipinski definition) is 4. The Morgan fingerprint density at radius 1 is 1.30 bits per heavy atom. The van der Waals surface area contributed by atoms with Crippen LogP contribution in [0.3, 0.4) is 0 Å². The quantitative estimate of drug-likeness (QED) is 0.248. The first-order chi connectivity index (χ1) is 9.35. The summed E-state index contributed by atoms with van der Waals surface area (Å²) in [5.41, 5.74) is 7.94. The number of alkyl halides is 4. The highest BCUT2D eigenvalue weighted by molar-refractivity contribution is 5.82. The first-order valence-electron chi connectivity index (χ1n) is 5.12. The molecule has 5 N–H and O–H groups in total. The lowest BCUT2D eigenvalue weighted by Crippen LogP contribution is -2.33. The van der Waals surface area contributed by atoms with Crippen LogP contribution in [0.4, 0.5) is 17.6 Å². The van der Waals surface area contributed by atoms with E-state index in [1.54, 1.807) is 0 Å². The number of guanidine groups is 1. The first kappa shape index (κ1) is 15.5. The third kappa shape index (κ3) is 4.63. The van der Waals surface area contributed by atoms with Crippen molar-refractivity contribution in [2.24, 2.45) is 21.8 Å². The fourth-order valence-electron chi connectivity index (χ4n) is 1.03. The van der Waals surface area contributed by atoms with E-state index < -0.39 is 18.3 Å². The van der Waals surface area contributed by atoms with E-state index in [1.807, 2.05) is 0 Å². The zero-order valence-corrected chi connectivity index (χ0v) is 9.93. The second kappa shape index (κ2) is 6.59. The third-order valence-electron chi connectivity index (χ3n) is 1.92.